The van der Waals surface area contributed by atoms with Gasteiger partial charge in [-0.1, -0.05) is 17.7 Å². The van der Waals surface area contributed by atoms with Crippen molar-refractivity contribution in [1.29, 1.82) is 0 Å². The van der Waals surface area contributed by atoms with E-state index < -0.39 is 0 Å². The fraction of sp³-hybridized carbons (Fsp3) is 0.500. The molecule has 1 aromatic rings. The van der Waals surface area contributed by atoms with Gasteiger partial charge >= 0.3 is 0 Å². The van der Waals surface area contributed by atoms with E-state index in [0.29, 0.717) is 5.56 Å². The lowest BCUT2D eigenvalue weighted by Crippen LogP contribution is -2.36. The predicted molar refractivity (Wildman–Crippen MR) is 70.7 cm³/mol. The molecule has 0 saturated heterocycles. The van der Waals surface area contributed by atoms with E-state index in [1.54, 1.807) is 0 Å². The fourth-order valence-electron chi connectivity index (χ4n) is 2.23. The highest BCUT2D eigenvalue weighted by atomic mass is 16.3. The van der Waals surface area contributed by atoms with Gasteiger partial charge in [0.2, 0.25) is 0 Å². The average Bonchev–Trinajstić information content (AvgIpc) is 2.27. The number of hydrogen-bond acceptors (Lipinski definition) is 3. The minimum absolute atomic E-state index is 0.101. The Morgan fingerprint density at radius 3 is 1.89 bits per heavy atom. The van der Waals surface area contributed by atoms with Crippen LogP contribution in [0.3, 0.4) is 0 Å². The van der Waals surface area contributed by atoms with Gasteiger partial charge in [-0.2, -0.15) is 0 Å². The van der Waals surface area contributed by atoms with Crippen LogP contribution in [0.25, 0.3) is 0 Å². The summed E-state index contributed by atoms with van der Waals surface area (Å²) in [6.07, 6.45) is 0. The Kier molecular flexibility index (Phi) is 5.31. The SMILES string of the molecule is Cc1cc(C)c(C(=O)N(CCO)CCO)c(C)c1. The molecule has 0 aromatic heterocycles. The summed E-state index contributed by atoms with van der Waals surface area (Å²) in [5.74, 6) is -0.131. The monoisotopic (exact) mass is 251 g/mol. The van der Waals surface area contributed by atoms with E-state index >= 15 is 0 Å². The van der Waals surface area contributed by atoms with Gasteiger partial charge in [0.15, 0.2) is 0 Å². The first-order valence-electron chi connectivity index (χ1n) is 6.10. The summed E-state index contributed by atoms with van der Waals surface area (Å²) >= 11 is 0. The fourth-order valence-corrected chi connectivity index (χ4v) is 2.23. The Hall–Kier alpha value is -1.39. The van der Waals surface area contributed by atoms with Crippen molar-refractivity contribution in [1.82, 2.24) is 4.90 Å². The third-order valence-electron chi connectivity index (χ3n) is 2.92. The van der Waals surface area contributed by atoms with Crippen LogP contribution in [0.2, 0.25) is 0 Å². The minimum Gasteiger partial charge on any atom is -0.395 e. The van der Waals surface area contributed by atoms with Crippen LogP contribution in [0.1, 0.15) is 27.0 Å². The van der Waals surface area contributed by atoms with E-state index in [4.69, 9.17) is 10.2 Å². The van der Waals surface area contributed by atoms with E-state index in [-0.39, 0.29) is 32.2 Å². The van der Waals surface area contributed by atoms with Crippen molar-refractivity contribution in [3.05, 3.63) is 34.4 Å². The Morgan fingerprint density at radius 2 is 1.50 bits per heavy atom. The average molecular weight is 251 g/mol. The highest BCUT2D eigenvalue weighted by molar-refractivity contribution is 5.97. The summed E-state index contributed by atoms with van der Waals surface area (Å²) in [4.78, 5) is 13.9. The second-order valence-electron chi connectivity index (χ2n) is 4.51. The van der Waals surface area contributed by atoms with Gasteiger partial charge in [-0.3, -0.25) is 4.79 Å². The molecule has 0 unspecified atom stereocenters. The van der Waals surface area contributed by atoms with Crippen molar-refractivity contribution in [2.45, 2.75) is 20.8 Å². The zero-order valence-electron chi connectivity index (χ0n) is 11.2. The lowest BCUT2D eigenvalue weighted by molar-refractivity contribution is 0.0683. The van der Waals surface area contributed by atoms with Gasteiger partial charge in [0.1, 0.15) is 0 Å². The molecule has 0 aliphatic rings. The van der Waals surface area contributed by atoms with Crippen molar-refractivity contribution in [3.8, 4) is 0 Å². The molecule has 0 radical (unpaired) electrons. The summed E-state index contributed by atoms with van der Waals surface area (Å²) in [5.41, 5.74) is 3.65. The largest absolute Gasteiger partial charge is 0.395 e. The van der Waals surface area contributed by atoms with E-state index in [0.717, 1.165) is 16.7 Å². The Labute approximate surface area is 108 Å². The number of carbonyl (C=O) groups excluding carboxylic acids is 1. The van der Waals surface area contributed by atoms with Gasteiger partial charge < -0.3 is 15.1 Å². The van der Waals surface area contributed by atoms with Crippen LogP contribution in [0, 0.1) is 20.8 Å². The quantitative estimate of drug-likeness (QED) is 0.822. The smallest absolute Gasteiger partial charge is 0.254 e. The third kappa shape index (κ3) is 3.31. The highest BCUT2D eigenvalue weighted by Gasteiger charge is 2.19. The number of aliphatic hydroxyl groups is 2. The first kappa shape index (κ1) is 14.7. The van der Waals surface area contributed by atoms with Crippen molar-refractivity contribution >= 4 is 5.91 Å². The van der Waals surface area contributed by atoms with Crippen molar-refractivity contribution in [2.75, 3.05) is 26.3 Å². The molecule has 1 rings (SSSR count). The topological polar surface area (TPSA) is 60.8 Å². The number of amides is 1. The Morgan fingerprint density at radius 1 is 1.06 bits per heavy atom. The van der Waals surface area contributed by atoms with Crippen LogP contribution in [0.15, 0.2) is 12.1 Å². The molecule has 0 saturated carbocycles. The summed E-state index contributed by atoms with van der Waals surface area (Å²) in [5, 5.41) is 17.9. The number of carbonyl (C=O) groups is 1. The van der Waals surface area contributed by atoms with Crippen LogP contribution in [0.4, 0.5) is 0 Å². The van der Waals surface area contributed by atoms with Crippen LogP contribution in [-0.2, 0) is 0 Å². The van der Waals surface area contributed by atoms with Crippen LogP contribution in [-0.4, -0.2) is 47.3 Å². The standard InChI is InChI=1S/C14H21NO3/c1-10-8-11(2)13(12(3)9-10)14(18)15(4-6-16)5-7-17/h8-9,16-17H,4-7H2,1-3H3. The van der Waals surface area contributed by atoms with E-state index in [1.807, 2.05) is 32.9 Å². The molecule has 1 aromatic carbocycles. The molecular weight excluding hydrogens is 230 g/mol. The van der Waals surface area contributed by atoms with E-state index in [2.05, 4.69) is 0 Å². The number of hydrogen-bond donors (Lipinski definition) is 2. The Balaban J connectivity index is 3.08. The van der Waals surface area contributed by atoms with Crippen LogP contribution >= 0.6 is 0 Å². The van der Waals surface area contributed by atoms with Gasteiger partial charge in [-0.25, -0.2) is 0 Å². The van der Waals surface area contributed by atoms with Gasteiger partial charge in [0, 0.05) is 18.7 Å². The number of nitrogens with zero attached hydrogens (tertiary/aromatic N) is 1. The third-order valence-corrected chi connectivity index (χ3v) is 2.92. The first-order chi connectivity index (χ1) is 8.51. The first-order valence-corrected chi connectivity index (χ1v) is 6.10. The second-order valence-corrected chi connectivity index (χ2v) is 4.51. The Bertz CT molecular complexity index is 400. The summed E-state index contributed by atoms with van der Waals surface area (Å²) in [6.45, 7) is 6.09. The number of benzene rings is 1. The normalized spacial score (nSPS) is 10.5. The summed E-state index contributed by atoms with van der Waals surface area (Å²) < 4.78 is 0. The molecule has 100 valence electrons. The maximum absolute atomic E-state index is 12.4. The van der Waals surface area contributed by atoms with Gasteiger partial charge in [-0.15, -0.1) is 0 Å². The molecule has 4 heteroatoms. The molecule has 4 nitrogen and oxygen atoms in total. The van der Waals surface area contributed by atoms with Crippen LogP contribution in [0.5, 0.6) is 0 Å². The van der Waals surface area contributed by atoms with Crippen molar-refractivity contribution in [2.24, 2.45) is 0 Å². The molecule has 0 aliphatic heterocycles. The van der Waals surface area contributed by atoms with E-state index in [9.17, 15) is 4.79 Å². The minimum atomic E-state index is -0.131. The molecule has 0 spiro atoms. The predicted octanol–water partition coefficient (Wildman–Crippen LogP) is 1.04. The molecule has 0 aliphatic carbocycles. The molecule has 1 amide bonds. The van der Waals surface area contributed by atoms with Gasteiger partial charge in [0.25, 0.3) is 5.91 Å². The maximum atomic E-state index is 12.4. The summed E-state index contributed by atoms with van der Waals surface area (Å²) in [7, 11) is 0. The molecule has 0 bridgehead atoms. The molecular formula is C14H21NO3. The molecule has 18 heavy (non-hydrogen) atoms. The molecule has 0 fully saturated rings. The highest BCUT2D eigenvalue weighted by Crippen LogP contribution is 2.18. The van der Waals surface area contributed by atoms with Crippen molar-refractivity contribution in [3.63, 3.8) is 0 Å². The number of aliphatic hydroxyl groups excluding tert-OH is 2. The number of aryl methyl sites for hydroxylation is 3. The van der Waals surface area contributed by atoms with Gasteiger partial charge in [0.05, 0.1) is 13.2 Å². The maximum Gasteiger partial charge on any atom is 0.254 e. The lowest BCUT2D eigenvalue weighted by Gasteiger charge is -2.23. The lowest BCUT2D eigenvalue weighted by atomic mass is 9.99. The van der Waals surface area contributed by atoms with Crippen LogP contribution < -0.4 is 0 Å². The zero-order valence-corrected chi connectivity index (χ0v) is 11.2. The van der Waals surface area contributed by atoms with Crippen molar-refractivity contribution < 1.29 is 15.0 Å². The van der Waals surface area contributed by atoms with E-state index in [1.165, 1.54) is 4.90 Å². The number of rotatable bonds is 5. The molecule has 0 atom stereocenters. The second kappa shape index (κ2) is 6.52. The molecule has 0 heterocycles. The zero-order chi connectivity index (χ0) is 13.7. The summed E-state index contributed by atoms with van der Waals surface area (Å²) in [6, 6.07) is 3.94. The molecule has 2 N–H and O–H groups in total. The van der Waals surface area contributed by atoms with Gasteiger partial charge in [-0.05, 0) is 31.9 Å².